The Bertz CT molecular complexity index is 2420. The summed E-state index contributed by atoms with van der Waals surface area (Å²) in [7, 11) is 0. The van der Waals surface area contributed by atoms with E-state index in [1.807, 2.05) is 0 Å². The number of alkyl halides is 1. The minimum Gasteiger partial charge on any atom is -0.485 e. The summed E-state index contributed by atoms with van der Waals surface area (Å²) < 4.78 is 74.6. The summed E-state index contributed by atoms with van der Waals surface area (Å²) >= 11 is 0. The number of hydrogen-bond acceptors (Lipinski definition) is 17. The van der Waals surface area contributed by atoms with Gasteiger partial charge in [0.25, 0.3) is 0 Å². The van der Waals surface area contributed by atoms with Crippen LogP contribution in [0.2, 0.25) is 0 Å². The summed E-state index contributed by atoms with van der Waals surface area (Å²) in [5.41, 5.74) is -2.53. The number of hydrogen-bond donors (Lipinski definition) is 0. The van der Waals surface area contributed by atoms with E-state index in [1.54, 1.807) is 0 Å². The monoisotopic (exact) mass is 846 g/mol. The van der Waals surface area contributed by atoms with Gasteiger partial charge in [-0.3, -0.25) is 0 Å². The van der Waals surface area contributed by atoms with Crippen molar-refractivity contribution in [3.8, 4) is 51.7 Å². The van der Waals surface area contributed by atoms with Gasteiger partial charge in [-0.05, 0) is 69.7 Å². The van der Waals surface area contributed by atoms with Crippen molar-refractivity contribution in [2.75, 3.05) is 13.3 Å². The molecule has 3 aromatic rings. The maximum absolute atomic E-state index is 16.9. The first-order valence-electron chi connectivity index (χ1n) is 16.9. The van der Waals surface area contributed by atoms with Gasteiger partial charge >= 0.3 is 48.5 Å². The SMILES string of the molecule is C=C(C)C(=O)OC(=O)Oc1ccc(C#Cc2c(F)c(OC(=O)OC(=O)C(=C)C)c(-c3ccc(OC(=O)OC(=O)C(=C)C)cc3)c(OC(=O)OC(=O)C(=C)C)c2OCCF)cc1. The van der Waals surface area contributed by atoms with Crippen LogP contribution in [0.3, 0.4) is 0 Å². The molecular weight excluding hydrogens is 814 g/mol. The molecule has 0 aliphatic heterocycles. The molecule has 0 atom stereocenters. The Hall–Kier alpha value is -8.40. The summed E-state index contributed by atoms with van der Waals surface area (Å²) in [6.07, 6.45) is -6.49. The van der Waals surface area contributed by atoms with Crippen molar-refractivity contribution in [3.63, 3.8) is 0 Å². The summed E-state index contributed by atoms with van der Waals surface area (Å²) in [4.78, 5) is 97.9. The highest BCUT2D eigenvalue weighted by Gasteiger charge is 2.33. The average molecular weight is 847 g/mol. The lowest BCUT2D eigenvalue weighted by Crippen LogP contribution is -2.20. The van der Waals surface area contributed by atoms with Crippen LogP contribution >= 0.6 is 0 Å². The summed E-state index contributed by atoms with van der Waals surface area (Å²) in [5.74, 6) is -4.67. The van der Waals surface area contributed by atoms with Gasteiger partial charge in [-0.1, -0.05) is 50.3 Å². The highest BCUT2D eigenvalue weighted by atomic mass is 19.1. The quantitative estimate of drug-likeness (QED) is 0.0425. The third-order valence-electron chi connectivity index (χ3n) is 6.83. The third kappa shape index (κ3) is 13.6. The van der Waals surface area contributed by atoms with Gasteiger partial charge in [-0.25, -0.2) is 47.1 Å². The number of benzene rings is 3. The van der Waals surface area contributed by atoms with Crippen LogP contribution in [-0.2, 0) is 38.1 Å². The topological polar surface area (TPSA) is 220 Å². The van der Waals surface area contributed by atoms with E-state index in [9.17, 15) is 42.7 Å². The second-order valence-electron chi connectivity index (χ2n) is 12.0. The van der Waals surface area contributed by atoms with Crippen molar-refractivity contribution >= 4 is 48.5 Å². The number of halogens is 2. The fourth-order valence-corrected chi connectivity index (χ4v) is 4.02. The van der Waals surface area contributed by atoms with Crippen molar-refractivity contribution in [2.24, 2.45) is 0 Å². The molecule has 0 saturated heterocycles. The lowest BCUT2D eigenvalue weighted by atomic mass is 9.98. The Labute approximate surface area is 344 Å². The molecule has 3 rings (SSSR count). The van der Waals surface area contributed by atoms with Crippen LogP contribution < -0.4 is 23.7 Å². The van der Waals surface area contributed by atoms with Crippen LogP contribution in [0, 0.1) is 17.7 Å². The molecule has 0 heterocycles. The molecular formula is C42H32F2O17. The number of rotatable bonds is 12. The average Bonchev–Trinajstić information content (AvgIpc) is 3.18. The van der Waals surface area contributed by atoms with E-state index in [4.69, 9.17) is 23.7 Å². The first kappa shape index (κ1) is 47.0. The first-order valence-corrected chi connectivity index (χ1v) is 16.9. The zero-order valence-electron chi connectivity index (χ0n) is 32.6. The highest BCUT2D eigenvalue weighted by molar-refractivity contribution is 5.97. The molecule has 0 radical (unpaired) electrons. The zero-order chi connectivity index (χ0) is 45.6. The number of ether oxygens (including phenoxy) is 9. The van der Waals surface area contributed by atoms with Crippen molar-refractivity contribution < 1.29 is 89.8 Å². The molecule has 3 aromatic carbocycles. The first-order chi connectivity index (χ1) is 28.7. The molecule has 0 N–H and O–H groups in total. The highest BCUT2D eigenvalue weighted by Crippen LogP contribution is 2.50. The van der Waals surface area contributed by atoms with Crippen LogP contribution in [0.15, 0.2) is 97.1 Å². The van der Waals surface area contributed by atoms with Crippen LogP contribution in [-0.4, -0.2) is 61.8 Å². The Kier molecular flexibility index (Phi) is 16.5. The van der Waals surface area contributed by atoms with Crippen LogP contribution in [0.1, 0.15) is 38.8 Å². The number of carbonyl (C=O) groups excluding carboxylic acids is 8. The van der Waals surface area contributed by atoms with E-state index in [0.717, 1.165) is 24.3 Å². The Morgan fingerprint density at radius 1 is 0.525 bits per heavy atom. The predicted molar refractivity (Wildman–Crippen MR) is 203 cm³/mol. The van der Waals surface area contributed by atoms with Gasteiger partial charge in [0, 0.05) is 27.9 Å². The molecule has 17 nitrogen and oxygen atoms in total. The van der Waals surface area contributed by atoms with Crippen LogP contribution in [0.25, 0.3) is 11.1 Å². The fourth-order valence-electron chi connectivity index (χ4n) is 4.02. The second-order valence-corrected chi connectivity index (χ2v) is 12.0. The van der Waals surface area contributed by atoms with E-state index in [0.29, 0.717) is 0 Å². The van der Waals surface area contributed by atoms with Crippen molar-refractivity contribution in [3.05, 3.63) is 114 Å². The summed E-state index contributed by atoms with van der Waals surface area (Å²) in [6, 6.07) is 9.18. The zero-order valence-corrected chi connectivity index (χ0v) is 32.6. The van der Waals surface area contributed by atoms with E-state index >= 15 is 4.39 Å². The molecule has 61 heavy (non-hydrogen) atoms. The molecule has 19 heteroatoms. The van der Waals surface area contributed by atoms with Gasteiger partial charge < -0.3 is 42.6 Å². The van der Waals surface area contributed by atoms with Crippen LogP contribution in [0.4, 0.5) is 28.0 Å². The maximum Gasteiger partial charge on any atom is 0.522 e. The number of esters is 4. The molecule has 0 aromatic heterocycles. The molecule has 0 saturated carbocycles. The van der Waals surface area contributed by atoms with Crippen molar-refractivity contribution in [1.29, 1.82) is 0 Å². The Balaban J connectivity index is 2.32. The van der Waals surface area contributed by atoms with Crippen molar-refractivity contribution in [1.82, 2.24) is 0 Å². The smallest absolute Gasteiger partial charge is 0.485 e. The molecule has 0 amide bonds. The molecule has 0 aliphatic rings. The van der Waals surface area contributed by atoms with E-state index in [-0.39, 0.29) is 44.9 Å². The van der Waals surface area contributed by atoms with Gasteiger partial charge in [0.1, 0.15) is 30.3 Å². The minimum absolute atomic E-state index is 0.0700. The van der Waals surface area contributed by atoms with Gasteiger partial charge in [0.05, 0.1) is 5.56 Å². The van der Waals surface area contributed by atoms with E-state index in [2.05, 4.69) is 57.1 Å². The van der Waals surface area contributed by atoms with Crippen LogP contribution in [0.5, 0.6) is 28.7 Å². The standard InChI is InChI=1S/C42H32F2O17/c1-21(2)35(45)58-39(49)54-27-14-9-25(10-15-27)11-18-29-31(44)33(56-41(51)60-37(47)23(5)6)30(26-12-16-28(17-13-26)55-40(50)59-36(46)22(3)4)34(32(29)53-20-19-43)57-42(52)61-38(48)24(7)8/h9-10,12-17H,1,3,5,7,19-20H2,2,4,6,8H3. The normalized spacial score (nSPS) is 9.93. The van der Waals surface area contributed by atoms with E-state index < -0.39 is 96.0 Å². The van der Waals surface area contributed by atoms with E-state index in [1.165, 1.54) is 52.0 Å². The largest absolute Gasteiger partial charge is 0.522 e. The van der Waals surface area contributed by atoms with Gasteiger partial charge in [-0.15, -0.1) is 0 Å². The van der Waals surface area contributed by atoms with Crippen molar-refractivity contribution in [2.45, 2.75) is 27.7 Å². The summed E-state index contributed by atoms with van der Waals surface area (Å²) in [6.45, 7) is 16.3. The van der Waals surface area contributed by atoms with Gasteiger partial charge in [0.2, 0.25) is 0 Å². The Morgan fingerprint density at radius 3 is 1.30 bits per heavy atom. The lowest BCUT2D eigenvalue weighted by molar-refractivity contribution is -0.135. The molecule has 316 valence electrons. The predicted octanol–water partition coefficient (Wildman–Crippen LogP) is 7.71. The molecule has 0 unspecified atom stereocenters. The molecule has 0 aliphatic carbocycles. The van der Waals surface area contributed by atoms with Gasteiger partial charge in [-0.2, -0.15) is 0 Å². The lowest BCUT2D eigenvalue weighted by Gasteiger charge is -2.20. The minimum atomic E-state index is -1.85. The molecule has 0 fully saturated rings. The Morgan fingerprint density at radius 2 is 0.902 bits per heavy atom. The second kappa shape index (κ2) is 21.4. The molecule has 0 bridgehead atoms. The van der Waals surface area contributed by atoms with Gasteiger partial charge in [0.15, 0.2) is 23.1 Å². The molecule has 0 spiro atoms. The third-order valence-corrected chi connectivity index (χ3v) is 6.83. The fraction of sp³-hybridized carbons (Fsp3) is 0.143. The maximum atomic E-state index is 16.9. The summed E-state index contributed by atoms with van der Waals surface area (Å²) in [5, 5.41) is 0. The number of carbonyl (C=O) groups is 8.